The third-order valence-electron chi connectivity index (χ3n) is 4.89. The maximum Gasteiger partial charge on any atom is 0.410 e. The van der Waals surface area contributed by atoms with E-state index >= 15 is 0 Å². The molecule has 3 rings (SSSR count). The van der Waals surface area contributed by atoms with Crippen molar-refractivity contribution in [3.63, 3.8) is 0 Å². The first-order valence-electron chi connectivity index (χ1n) is 6.88. The van der Waals surface area contributed by atoms with E-state index in [4.69, 9.17) is 4.74 Å². The molecule has 3 aliphatic rings. The van der Waals surface area contributed by atoms with Gasteiger partial charge in [-0.15, -0.1) is 0 Å². The Morgan fingerprint density at radius 1 is 1.29 bits per heavy atom. The maximum atomic E-state index is 12.0. The molecule has 3 fully saturated rings. The normalized spacial score (nSPS) is 35.8. The van der Waals surface area contributed by atoms with Crippen molar-refractivity contribution >= 4 is 6.09 Å². The molecule has 1 N–H and O–H groups in total. The third kappa shape index (κ3) is 1.73. The van der Waals surface area contributed by atoms with E-state index in [2.05, 4.69) is 17.1 Å². The zero-order chi connectivity index (χ0) is 11.9. The first-order chi connectivity index (χ1) is 8.22. The van der Waals surface area contributed by atoms with Crippen molar-refractivity contribution in [1.29, 1.82) is 0 Å². The van der Waals surface area contributed by atoms with Crippen LogP contribution in [0.1, 0.15) is 39.0 Å². The summed E-state index contributed by atoms with van der Waals surface area (Å²) in [5.74, 6) is 0.593. The highest BCUT2D eigenvalue weighted by molar-refractivity contribution is 5.71. The summed E-state index contributed by atoms with van der Waals surface area (Å²) < 4.78 is 5.36. The van der Waals surface area contributed by atoms with Crippen LogP contribution in [0.4, 0.5) is 4.79 Å². The summed E-state index contributed by atoms with van der Waals surface area (Å²) in [5, 5.41) is 3.39. The molecule has 0 bridgehead atoms. The number of carbonyl (C=O) groups is 1. The minimum absolute atomic E-state index is 0.0513. The van der Waals surface area contributed by atoms with Gasteiger partial charge in [-0.2, -0.15) is 0 Å². The molecule has 1 saturated carbocycles. The van der Waals surface area contributed by atoms with Crippen LogP contribution in [0.3, 0.4) is 0 Å². The summed E-state index contributed by atoms with van der Waals surface area (Å²) in [5.41, 5.74) is -0.0513. The number of rotatable bonds is 2. The van der Waals surface area contributed by atoms with Crippen LogP contribution < -0.4 is 5.32 Å². The quantitative estimate of drug-likeness (QED) is 0.797. The van der Waals surface area contributed by atoms with Gasteiger partial charge in [0.1, 0.15) is 6.61 Å². The summed E-state index contributed by atoms with van der Waals surface area (Å²) in [6.45, 7) is 4.97. The molecule has 17 heavy (non-hydrogen) atoms. The standard InChI is InChI=1S/C13H22N2O2/c1-13(10-5-7-14-8-6-10)9-17-12(16)15(13)11-3-2-4-11/h10-11,14H,2-9H2,1H3. The van der Waals surface area contributed by atoms with E-state index in [1.54, 1.807) is 0 Å². The number of cyclic esters (lactones) is 1. The van der Waals surface area contributed by atoms with E-state index in [0.717, 1.165) is 38.8 Å². The molecule has 4 nitrogen and oxygen atoms in total. The minimum Gasteiger partial charge on any atom is -0.447 e. The van der Waals surface area contributed by atoms with Crippen molar-refractivity contribution in [2.24, 2.45) is 5.92 Å². The molecule has 4 heteroatoms. The third-order valence-corrected chi connectivity index (χ3v) is 4.89. The van der Waals surface area contributed by atoms with Gasteiger partial charge in [0.05, 0.1) is 5.54 Å². The highest BCUT2D eigenvalue weighted by Gasteiger charge is 2.52. The van der Waals surface area contributed by atoms with Crippen molar-refractivity contribution in [3.05, 3.63) is 0 Å². The number of ether oxygens (including phenoxy) is 1. The highest BCUT2D eigenvalue weighted by atomic mass is 16.6. The Morgan fingerprint density at radius 2 is 2.00 bits per heavy atom. The van der Waals surface area contributed by atoms with Gasteiger partial charge in [0.15, 0.2) is 0 Å². The average Bonchev–Trinajstić information content (AvgIpc) is 2.58. The van der Waals surface area contributed by atoms with Crippen molar-refractivity contribution in [2.45, 2.75) is 50.6 Å². The number of hydrogen-bond acceptors (Lipinski definition) is 3. The Morgan fingerprint density at radius 3 is 2.59 bits per heavy atom. The molecule has 2 aliphatic heterocycles. The van der Waals surface area contributed by atoms with Crippen LogP contribution in [-0.2, 0) is 4.74 Å². The first kappa shape index (κ1) is 11.3. The number of carbonyl (C=O) groups excluding carboxylic acids is 1. The molecule has 1 aliphatic carbocycles. The largest absolute Gasteiger partial charge is 0.447 e. The fraction of sp³-hybridized carbons (Fsp3) is 0.923. The molecule has 1 amide bonds. The molecule has 2 heterocycles. The molecular formula is C13H22N2O2. The molecular weight excluding hydrogens is 216 g/mol. The van der Waals surface area contributed by atoms with Crippen LogP contribution in [0.2, 0.25) is 0 Å². The van der Waals surface area contributed by atoms with Gasteiger partial charge in [-0.3, -0.25) is 4.90 Å². The van der Waals surface area contributed by atoms with Crippen LogP contribution in [0, 0.1) is 5.92 Å². The van der Waals surface area contributed by atoms with Gasteiger partial charge in [-0.05, 0) is 58.0 Å². The number of hydrogen-bond donors (Lipinski definition) is 1. The first-order valence-corrected chi connectivity index (χ1v) is 6.88. The van der Waals surface area contributed by atoms with Gasteiger partial charge in [0.25, 0.3) is 0 Å². The zero-order valence-corrected chi connectivity index (χ0v) is 10.6. The number of nitrogens with zero attached hydrogens (tertiary/aromatic N) is 1. The van der Waals surface area contributed by atoms with E-state index in [0.29, 0.717) is 18.6 Å². The van der Waals surface area contributed by atoms with Crippen LogP contribution in [-0.4, -0.2) is 42.3 Å². The fourth-order valence-electron chi connectivity index (χ4n) is 3.52. The lowest BCUT2D eigenvalue weighted by molar-refractivity contribution is 0.0371. The lowest BCUT2D eigenvalue weighted by atomic mass is 9.76. The fourth-order valence-corrected chi connectivity index (χ4v) is 3.52. The number of piperidine rings is 1. The average molecular weight is 238 g/mol. The van der Waals surface area contributed by atoms with Crippen LogP contribution in [0.25, 0.3) is 0 Å². The van der Waals surface area contributed by atoms with Gasteiger partial charge in [-0.1, -0.05) is 0 Å². The number of nitrogens with one attached hydrogen (secondary N) is 1. The molecule has 96 valence electrons. The smallest absolute Gasteiger partial charge is 0.410 e. The van der Waals surface area contributed by atoms with Crippen molar-refractivity contribution in [2.75, 3.05) is 19.7 Å². The molecule has 0 aromatic carbocycles. The second-order valence-electron chi connectivity index (χ2n) is 5.89. The predicted molar refractivity (Wildman–Crippen MR) is 64.8 cm³/mol. The zero-order valence-electron chi connectivity index (χ0n) is 10.6. The molecule has 0 aromatic heterocycles. The Bertz CT molecular complexity index is 311. The highest BCUT2D eigenvalue weighted by Crippen LogP contribution is 2.41. The second-order valence-corrected chi connectivity index (χ2v) is 5.89. The van der Waals surface area contributed by atoms with Crippen LogP contribution in [0.15, 0.2) is 0 Å². The van der Waals surface area contributed by atoms with Gasteiger partial charge < -0.3 is 10.1 Å². The Kier molecular flexibility index (Phi) is 2.77. The monoisotopic (exact) mass is 238 g/mol. The molecule has 1 unspecified atom stereocenters. The van der Waals surface area contributed by atoms with Crippen molar-refractivity contribution < 1.29 is 9.53 Å². The molecule has 0 aromatic rings. The topological polar surface area (TPSA) is 41.6 Å². The van der Waals surface area contributed by atoms with Gasteiger partial charge in [0.2, 0.25) is 0 Å². The Labute approximate surface area is 103 Å². The van der Waals surface area contributed by atoms with E-state index in [-0.39, 0.29) is 11.6 Å². The van der Waals surface area contributed by atoms with E-state index in [1.807, 2.05) is 0 Å². The van der Waals surface area contributed by atoms with Gasteiger partial charge in [0, 0.05) is 6.04 Å². The second kappa shape index (κ2) is 4.16. The summed E-state index contributed by atoms with van der Waals surface area (Å²) in [4.78, 5) is 14.0. The number of amides is 1. The Balaban J connectivity index is 1.80. The van der Waals surface area contributed by atoms with Crippen molar-refractivity contribution in [1.82, 2.24) is 10.2 Å². The molecule has 1 atom stereocenters. The lowest BCUT2D eigenvalue weighted by Gasteiger charge is -2.47. The Hall–Kier alpha value is -0.770. The van der Waals surface area contributed by atoms with Crippen LogP contribution in [0.5, 0.6) is 0 Å². The van der Waals surface area contributed by atoms with E-state index < -0.39 is 0 Å². The van der Waals surface area contributed by atoms with Gasteiger partial charge >= 0.3 is 6.09 Å². The summed E-state index contributed by atoms with van der Waals surface area (Å²) >= 11 is 0. The maximum absolute atomic E-state index is 12.0. The van der Waals surface area contributed by atoms with Gasteiger partial charge in [-0.25, -0.2) is 4.79 Å². The predicted octanol–water partition coefficient (Wildman–Crippen LogP) is 1.75. The molecule has 0 radical (unpaired) electrons. The van der Waals surface area contributed by atoms with Crippen LogP contribution >= 0.6 is 0 Å². The minimum atomic E-state index is -0.0734. The summed E-state index contributed by atoms with van der Waals surface area (Å²) in [6.07, 6.45) is 5.84. The molecule has 0 spiro atoms. The summed E-state index contributed by atoms with van der Waals surface area (Å²) in [6, 6.07) is 0.449. The summed E-state index contributed by atoms with van der Waals surface area (Å²) in [7, 11) is 0. The SMILES string of the molecule is CC1(C2CCNCC2)COC(=O)N1C1CCC1. The van der Waals surface area contributed by atoms with E-state index in [1.165, 1.54) is 6.42 Å². The lowest BCUT2D eigenvalue weighted by Crippen LogP contribution is -2.58. The molecule has 2 saturated heterocycles. The van der Waals surface area contributed by atoms with E-state index in [9.17, 15) is 4.79 Å². The van der Waals surface area contributed by atoms with Crippen molar-refractivity contribution in [3.8, 4) is 0 Å².